The Bertz CT molecular complexity index is 491. The van der Waals surface area contributed by atoms with E-state index in [1.54, 1.807) is 0 Å². The third-order valence-corrected chi connectivity index (χ3v) is 5.29. The average Bonchev–Trinajstić information content (AvgIpc) is 2.94. The van der Waals surface area contributed by atoms with Crippen LogP contribution in [0.1, 0.15) is 37.3 Å². The number of hydrogen-bond donors (Lipinski definition) is 1. The van der Waals surface area contributed by atoms with E-state index in [4.69, 9.17) is 0 Å². The summed E-state index contributed by atoms with van der Waals surface area (Å²) in [6.07, 6.45) is 3.96. The molecule has 2 saturated heterocycles. The van der Waals surface area contributed by atoms with Gasteiger partial charge < -0.3 is 5.32 Å². The molecule has 3 atom stereocenters. The lowest BCUT2D eigenvalue weighted by molar-refractivity contribution is 0.118. The van der Waals surface area contributed by atoms with Gasteiger partial charge in [0.25, 0.3) is 0 Å². The van der Waals surface area contributed by atoms with E-state index in [1.807, 2.05) is 0 Å². The SMILES string of the molecule is C=C(C)[C@H]1CCN2CCC[C@H]2[C@@H]1NCc1ccc(C)cc1. The summed E-state index contributed by atoms with van der Waals surface area (Å²) in [6, 6.07) is 10.2. The number of benzene rings is 1. The van der Waals surface area contributed by atoms with Crippen molar-refractivity contribution < 1.29 is 0 Å². The molecule has 0 aliphatic carbocycles. The number of piperidine rings is 1. The van der Waals surface area contributed by atoms with Crippen LogP contribution in [0.4, 0.5) is 0 Å². The minimum absolute atomic E-state index is 0.569. The van der Waals surface area contributed by atoms with E-state index in [-0.39, 0.29) is 0 Å². The number of aryl methyl sites for hydroxylation is 1. The lowest BCUT2D eigenvalue weighted by Gasteiger charge is -2.43. The fourth-order valence-electron chi connectivity index (χ4n) is 4.06. The highest BCUT2D eigenvalue weighted by atomic mass is 15.2. The Balaban J connectivity index is 1.69. The highest BCUT2D eigenvalue weighted by Crippen LogP contribution is 2.34. The molecule has 2 fully saturated rings. The van der Waals surface area contributed by atoms with E-state index < -0.39 is 0 Å². The van der Waals surface area contributed by atoms with E-state index in [0.717, 1.165) is 6.54 Å². The molecule has 2 heterocycles. The Morgan fingerprint density at radius 2 is 2.00 bits per heavy atom. The fraction of sp³-hybridized carbons (Fsp3) is 0.579. The third kappa shape index (κ3) is 3.22. The van der Waals surface area contributed by atoms with E-state index in [2.05, 4.69) is 54.9 Å². The Hall–Kier alpha value is -1.12. The first-order chi connectivity index (χ1) is 10.1. The van der Waals surface area contributed by atoms with Gasteiger partial charge >= 0.3 is 0 Å². The Kier molecular flexibility index (Phi) is 4.46. The predicted octanol–water partition coefficient (Wildman–Crippen LogP) is 3.51. The molecule has 3 rings (SSSR count). The first-order valence-corrected chi connectivity index (χ1v) is 8.33. The van der Waals surface area contributed by atoms with E-state index in [0.29, 0.717) is 18.0 Å². The van der Waals surface area contributed by atoms with Crippen molar-refractivity contribution in [2.75, 3.05) is 13.1 Å². The summed E-state index contributed by atoms with van der Waals surface area (Å²) >= 11 is 0. The number of nitrogens with one attached hydrogen (secondary N) is 1. The van der Waals surface area contributed by atoms with E-state index in [1.165, 1.54) is 49.1 Å². The molecule has 0 aromatic heterocycles. The fourth-order valence-corrected chi connectivity index (χ4v) is 4.06. The van der Waals surface area contributed by atoms with Gasteiger partial charge in [-0.1, -0.05) is 42.0 Å². The molecule has 2 nitrogen and oxygen atoms in total. The number of fused-ring (bicyclic) bond motifs is 1. The normalized spacial score (nSPS) is 29.3. The van der Waals surface area contributed by atoms with Gasteiger partial charge in [-0.3, -0.25) is 4.90 Å². The van der Waals surface area contributed by atoms with Gasteiger partial charge in [-0.05, 0) is 57.7 Å². The van der Waals surface area contributed by atoms with Crippen LogP contribution < -0.4 is 5.32 Å². The van der Waals surface area contributed by atoms with Gasteiger partial charge in [0.1, 0.15) is 0 Å². The monoisotopic (exact) mass is 284 g/mol. The summed E-state index contributed by atoms with van der Waals surface area (Å²) in [4.78, 5) is 2.69. The van der Waals surface area contributed by atoms with Crippen molar-refractivity contribution in [1.82, 2.24) is 10.2 Å². The maximum Gasteiger partial charge on any atom is 0.0292 e. The first-order valence-electron chi connectivity index (χ1n) is 8.33. The molecule has 0 saturated carbocycles. The molecule has 0 unspecified atom stereocenters. The first kappa shape index (κ1) is 14.8. The quantitative estimate of drug-likeness (QED) is 0.851. The summed E-state index contributed by atoms with van der Waals surface area (Å²) < 4.78 is 0. The van der Waals surface area contributed by atoms with Crippen LogP contribution in [0, 0.1) is 12.8 Å². The molecule has 0 radical (unpaired) electrons. The minimum atomic E-state index is 0.569. The molecular formula is C19H28N2. The van der Waals surface area contributed by atoms with Crippen molar-refractivity contribution in [3.05, 3.63) is 47.5 Å². The molecule has 114 valence electrons. The van der Waals surface area contributed by atoms with Gasteiger partial charge in [-0.25, -0.2) is 0 Å². The van der Waals surface area contributed by atoms with Crippen molar-refractivity contribution in [2.45, 2.75) is 51.7 Å². The Morgan fingerprint density at radius 3 is 2.71 bits per heavy atom. The van der Waals surface area contributed by atoms with Crippen molar-refractivity contribution in [2.24, 2.45) is 5.92 Å². The molecule has 2 aliphatic rings. The molecular weight excluding hydrogens is 256 g/mol. The summed E-state index contributed by atoms with van der Waals surface area (Å²) in [5.41, 5.74) is 4.07. The summed E-state index contributed by atoms with van der Waals surface area (Å²) in [5.74, 6) is 0.634. The van der Waals surface area contributed by atoms with Gasteiger partial charge in [0, 0.05) is 18.6 Å². The van der Waals surface area contributed by atoms with Crippen LogP contribution in [0.2, 0.25) is 0 Å². The molecule has 2 heteroatoms. The third-order valence-electron chi connectivity index (χ3n) is 5.29. The topological polar surface area (TPSA) is 15.3 Å². The van der Waals surface area contributed by atoms with E-state index in [9.17, 15) is 0 Å². The average molecular weight is 284 g/mol. The standard InChI is InChI=1S/C19H28N2/c1-14(2)17-10-12-21-11-4-5-18(21)19(17)20-13-16-8-6-15(3)7-9-16/h6-9,17-20H,1,4-5,10-13H2,2-3H3/t17-,18+,19-/m1/s1. The van der Waals surface area contributed by atoms with Crippen LogP contribution in [0.5, 0.6) is 0 Å². The molecule has 0 spiro atoms. The molecule has 21 heavy (non-hydrogen) atoms. The lowest BCUT2D eigenvalue weighted by atomic mass is 9.81. The molecule has 1 N–H and O–H groups in total. The largest absolute Gasteiger partial charge is 0.308 e. The zero-order chi connectivity index (χ0) is 14.8. The molecule has 2 aliphatic heterocycles. The lowest BCUT2D eigenvalue weighted by Crippen LogP contribution is -2.55. The van der Waals surface area contributed by atoms with Crippen LogP contribution in [0.3, 0.4) is 0 Å². The molecule has 0 bridgehead atoms. The minimum Gasteiger partial charge on any atom is -0.308 e. The Morgan fingerprint density at radius 1 is 1.24 bits per heavy atom. The molecule has 1 aromatic carbocycles. The highest BCUT2D eigenvalue weighted by molar-refractivity contribution is 5.21. The van der Waals surface area contributed by atoms with Gasteiger partial charge in [-0.15, -0.1) is 0 Å². The van der Waals surface area contributed by atoms with Crippen LogP contribution in [-0.2, 0) is 6.54 Å². The second kappa shape index (κ2) is 6.33. The summed E-state index contributed by atoms with van der Waals surface area (Å²) in [6.45, 7) is 12.1. The van der Waals surface area contributed by atoms with Gasteiger partial charge in [0.15, 0.2) is 0 Å². The second-order valence-electron chi connectivity index (χ2n) is 6.88. The number of nitrogens with zero attached hydrogens (tertiary/aromatic N) is 1. The predicted molar refractivity (Wildman–Crippen MR) is 89.3 cm³/mol. The van der Waals surface area contributed by atoms with Crippen molar-refractivity contribution in [1.29, 1.82) is 0 Å². The smallest absolute Gasteiger partial charge is 0.0292 e. The molecule has 0 amide bonds. The van der Waals surface area contributed by atoms with E-state index >= 15 is 0 Å². The van der Waals surface area contributed by atoms with Gasteiger partial charge in [0.2, 0.25) is 0 Å². The van der Waals surface area contributed by atoms with Crippen molar-refractivity contribution in [3.8, 4) is 0 Å². The van der Waals surface area contributed by atoms with Crippen LogP contribution >= 0.6 is 0 Å². The van der Waals surface area contributed by atoms with Gasteiger partial charge in [-0.2, -0.15) is 0 Å². The zero-order valence-corrected chi connectivity index (χ0v) is 13.4. The zero-order valence-electron chi connectivity index (χ0n) is 13.4. The van der Waals surface area contributed by atoms with Crippen molar-refractivity contribution >= 4 is 0 Å². The second-order valence-corrected chi connectivity index (χ2v) is 6.88. The maximum atomic E-state index is 4.25. The number of rotatable bonds is 4. The Labute approximate surface area is 129 Å². The maximum absolute atomic E-state index is 4.25. The molecule has 1 aromatic rings. The summed E-state index contributed by atoms with van der Waals surface area (Å²) in [5, 5.41) is 3.86. The van der Waals surface area contributed by atoms with Crippen LogP contribution in [-0.4, -0.2) is 30.1 Å². The summed E-state index contributed by atoms with van der Waals surface area (Å²) in [7, 11) is 0. The van der Waals surface area contributed by atoms with Crippen molar-refractivity contribution in [3.63, 3.8) is 0 Å². The van der Waals surface area contributed by atoms with Crippen LogP contribution in [0.25, 0.3) is 0 Å². The van der Waals surface area contributed by atoms with Gasteiger partial charge in [0.05, 0.1) is 0 Å². The number of hydrogen-bond acceptors (Lipinski definition) is 2. The highest BCUT2D eigenvalue weighted by Gasteiger charge is 2.40. The van der Waals surface area contributed by atoms with Crippen LogP contribution in [0.15, 0.2) is 36.4 Å².